The van der Waals surface area contributed by atoms with E-state index in [2.05, 4.69) is 0 Å². The average Bonchev–Trinajstić information content (AvgIpc) is 2.72. The van der Waals surface area contributed by atoms with Gasteiger partial charge in [-0.3, -0.25) is 9.69 Å². The summed E-state index contributed by atoms with van der Waals surface area (Å²) in [4.78, 5) is 14.5. The number of hydrogen-bond donors (Lipinski definition) is 1. The van der Waals surface area contributed by atoms with E-state index >= 15 is 0 Å². The van der Waals surface area contributed by atoms with Crippen molar-refractivity contribution in [1.82, 2.24) is 9.21 Å². The fourth-order valence-electron chi connectivity index (χ4n) is 4.37. The minimum Gasteiger partial charge on any atom is -0.368 e. The predicted molar refractivity (Wildman–Crippen MR) is 119 cm³/mol. The van der Waals surface area contributed by atoms with Gasteiger partial charge in [0.1, 0.15) is 6.04 Å². The van der Waals surface area contributed by atoms with Crippen molar-refractivity contribution in [2.24, 2.45) is 5.73 Å². The molecule has 2 aromatic rings. The topological polar surface area (TPSA) is 83.7 Å². The lowest BCUT2D eigenvalue weighted by atomic mass is 9.95. The third kappa shape index (κ3) is 3.89. The number of carbonyl (C=O) groups is 1. The van der Waals surface area contributed by atoms with Gasteiger partial charge in [-0.1, -0.05) is 30.3 Å². The maximum absolute atomic E-state index is 13.5. The molecule has 0 radical (unpaired) electrons. The Morgan fingerprint density at radius 3 is 1.77 bits per heavy atom. The van der Waals surface area contributed by atoms with Crippen molar-refractivity contribution in [3.05, 3.63) is 63.7 Å². The maximum atomic E-state index is 13.5. The number of piperazine rings is 1. The molecule has 0 spiro atoms. The van der Waals surface area contributed by atoms with Gasteiger partial charge >= 0.3 is 0 Å². The van der Waals surface area contributed by atoms with Crippen LogP contribution in [0.2, 0.25) is 0 Å². The molecule has 1 unspecified atom stereocenters. The highest BCUT2D eigenvalue weighted by Crippen LogP contribution is 2.32. The van der Waals surface area contributed by atoms with Gasteiger partial charge in [0.2, 0.25) is 15.9 Å². The van der Waals surface area contributed by atoms with Crippen LogP contribution in [0.4, 0.5) is 0 Å². The molecule has 0 saturated carbocycles. The summed E-state index contributed by atoms with van der Waals surface area (Å²) >= 11 is 0. The van der Waals surface area contributed by atoms with Crippen LogP contribution in [0, 0.1) is 34.6 Å². The quantitative estimate of drug-likeness (QED) is 0.792. The van der Waals surface area contributed by atoms with Gasteiger partial charge < -0.3 is 5.73 Å². The van der Waals surface area contributed by atoms with Gasteiger partial charge in [-0.05, 0) is 68.0 Å². The van der Waals surface area contributed by atoms with E-state index in [1.807, 2.05) is 69.9 Å². The lowest BCUT2D eigenvalue weighted by molar-refractivity contribution is -0.124. The summed E-state index contributed by atoms with van der Waals surface area (Å²) in [6.07, 6.45) is 0. The Labute approximate surface area is 179 Å². The van der Waals surface area contributed by atoms with Crippen LogP contribution in [-0.2, 0) is 14.8 Å². The summed E-state index contributed by atoms with van der Waals surface area (Å²) in [6, 6.07) is 8.84. The van der Waals surface area contributed by atoms with E-state index in [0.717, 1.165) is 33.4 Å². The van der Waals surface area contributed by atoms with Gasteiger partial charge in [0.15, 0.2) is 0 Å². The largest absolute Gasteiger partial charge is 0.368 e. The standard InChI is InChI=1S/C23H31N3O3S/c1-15-16(2)18(4)22(19(5)17(15)3)30(28,29)26-13-11-25(12-14-26)21(23(24)27)20-9-7-6-8-10-20/h6-10,21H,11-14H2,1-5H3,(H2,24,27). The fourth-order valence-corrected chi connectivity index (χ4v) is 6.36. The maximum Gasteiger partial charge on any atom is 0.243 e. The van der Waals surface area contributed by atoms with Crippen molar-refractivity contribution in [3.8, 4) is 0 Å². The number of hydrogen-bond acceptors (Lipinski definition) is 4. The Morgan fingerprint density at radius 2 is 1.30 bits per heavy atom. The first-order chi connectivity index (χ1) is 14.1. The van der Waals surface area contributed by atoms with E-state index in [0.29, 0.717) is 31.1 Å². The minimum absolute atomic E-state index is 0.323. The van der Waals surface area contributed by atoms with Crippen LogP contribution in [0.3, 0.4) is 0 Å². The Balaban J connectivity index is 1.87. The number of sulfonamides is 1. The Kier molecular flexibility index (Phi) is 6.36. The second-order valence-corrected chi connectivity index (χ2v) is 9.98. The highest BCUT2D eigenvalue weighted by Gasteiger charge is 2.35. The molecule has 1 heterocycles. The SMILES string of the molecule is Cc1c(C)c(C)c(S(=O)(=O)N2CCN(C(C(N)=O)c3ccccc3)CC2)c(C)c1C. The van der Waals surface area contributed by atoms with Gasteiger partial charge in [-0.25, -0.2) is 8.42 Å². The fraction of sp³-hybridized carbons (Fsp3) is 0.435. The summed E-state index contributed by atoms with van der Waals surface area (Å²) < 4.78 is 28.6. The molecule has 1 amide bonds. The molecular weight excluding hydrogens is 398 g/mol. The molecule has 162 valence electrons. The third-order valence-corrected chi connectivity index (χ3v) is 8.73. The first kappa shape index (κ1) is 22.5. The first-order valence-electron chi connectivity index (χ1n) is 10.2. The van der Waals surface area contributed by atoms with Crippen LogP contribution in [0.15, 0.2) is 35.2 Å². The number of nitrogens with two attached hydrogens (primary N) is 1. The lowest BCUT2D eigenvalue weighted by Gasteiger charge is -2.38. The van der Waals surface area contributed by atoms with E-state index in [4.69, 9.17) is 5.73 Å². The molecule has 7 heteroatoms. The molecule has 1 aliphatic rings. The van der Waals surface area contributed by atoms with Crippen molar-refractivity contribution in [2.45, 2.75) is 45.6 Å². The highest BCUT2D eigenvalue weighted by molar-refractivity contribution is 7.89. The Morgan fingerprint density at radius 1 is 0.833 bits per heavy atom. The van der Waals surface area contributed by atoms with E-state index in [9.17, 15) is 13.2 Å². The second-order valence-electron chi connectivity index (χ2n) is 8.11. The highest BCUT2D eigenvalue weighted by atomic mass is 32.2. The van der Waals surface area contributed by atoms with E-state index < -0.39 is 22.0 Å². The minimum atomic E-state index is -3.63. The van der Waals surface area contributed by atoms with Crippen molar-refractivity contribution in [2.75, 3.05) is 26.2 Å². The molecule has 3 rings (SSSR count). The zero-order chi connectivity index (χ0) is 22.2. The van der Waals surface area contributed by atoms with Crippen LogP contribution >= 0.6 is 0 Å². The molecule has 1 atom stereocenters. The van der Waals surface area contributed by atoms with Gasteiger partial charge in [-0.15, -0.1) is 0 Å². The van der Waals surface area contributed by atoms with Crippen LogP contribution in [-0.4, -0.2) is 49.7 Å². The monoisotopic (exact) mass is 429 g/mol. The van der Waals surface area contributed by atoms with Crippen molar-refractivity contribution in [1.29, 1.82) is 0 Å². The number of benzene rings is 2. The number of nitrogens with zero attached hydrogens (tertiary/aromatic N) is 2. The predicted octanol–water partition coefficient (Wildman–Crippen LogP) is 2.76. The summed E-state index contributed by atoms with van der Waals surface area (Å²) in [5.74, 6) is -0.422. The van der Waals surface area contributed by atoms with Gasteiger partial charge in [0.25, 0.3) is 0 Å². The van der Waals surface area contributed by atoms with E-state index in [1.54, 1.807) is 0 Å². The molecule has 0 aromatic heterocycles. The molecule has 2 N–H and O–H groups in total. The smallest absolute Gasteiger partial charge is 0.243 e. The molecule has 0 bridgehead atoms. The van der Waals surface area contributed by atoms with Gasteiger partial charge in [-0.2, -0.15) is 4.31 Å². The molecule has 1 saturated heterocycles. The van der Waals surface area contributed by atoms with Gasteiger partial charge in [0, 0.05) is 26.2 Å². The van der Waals surface area contributed by atoms with Crippen LogP contribution in [0.25, 0.3) is 0 Å². The summed E-state index contributed by atoms with van der Waals surface area (Å²) in [7, 11) is -3.63. The number of amides is 1. The third-order valence-electron chi connectivity index (χ3n) is 6.55. The lowest BCUT2D eigenvalue weighted by Crippen LogP contribution is -2.52. The van der Waals surface area contributed by atoms with Crippen molar-refractivity contribution < 1.29 is 13.2 Å². The van der Waals surface area contributed by atoms with Gasteiger partial charge in [0.05, 0.1) is 4.90 Å². The van der Waals surface area contributed by atoms with E-state index in [-0.39, 0.29) is 0 Å². The zero-order valence-corrected chi connectivity index (χ0v) is 19.2. The zero-order valence-electron chi connectivity index (χ0n) is 18.4. The summed E-state index contributed by atoms with van der Waals surface area (Å²) in [5.41, 5.74) is 11.3. The van der Waals surface area contributed by atoms with Crippen LogP contribution in [0.5, 0.6) is 0 Å². The normalized spacial score (nSPS) is 17.1. The van der Waals surface area contributed by atoms with Crippen LogP contribution < -0.4 is 5.73 Å². The number of rotatable bonds is 5. The van der Waals surface area contributed by atoms with Crippen molar-refractivity contribution >= 4 is 15.9 Å². The Hall–Kier alpha value is -2.22. The molecule has 0 aliphatic carbocycles. The Bertz CT molecular complexity index is 1030. The average molecular weight is 430 g/mol. The molecule has 30 heavy (non-hydrogen) atoms. The van der Waals surface area contributed by atoms with Crippen molar-refractivity contribution in [3.63, 3.8) is 0 Å². The molecule has 1 fully saturated rings. The number of primary amides is 1. The summed E-state index contributed by atoms with van der Waals surface area (Å²) in [5, 5.41) is 0. The first-order valence-corrected chi connectivity index (χ1v) is 11.7. The van der Waals surface area contributed by atoms with Crippen LogP contribution in [0.1, 0.15) is 39.4 Å². The van der Waals surface area contributed by atoms with E-state index in [1.165, 1.54) is 4.31 Å². The molecule has 2 aromatic carbocycles. The number of carbonyl (C=O) groups excluding carboxylic acids is 1. The molecule has 1 aliphatic heterocycles. The summed E-state index contributed by atoms with van der Waals surface area (Å²) in [6.45, 7) is 11.3. The molecular formula is C23H31N3O3S. The molecule has 6 nitrogen and oxygen atoms in total. The second kappa shape index (κ2) is 8.49.